The van der Waals surface area contributed by atoms with E-state index in [1.54, 1.807) is 0 Å². The minimum absolute atomic E-state index is 0.0516. The average molecular weight is 922 g/mol. The molecule has 0 saturated heterocycles. The molecule has 0 aromatic rings. The van der Waals surface area contributed by atoms with E-state index in [-0.39, 0.29) is 38.6 Å². The Kier molecular flexibility index (Phi) is 48.8. The molecule has 0 heterocycles. The summed E-state index contributed by atoms with van der Waals surface area (Å²) in [6, 6.07) is 0. The molecule has 2 unspecified atom stereocenters. The van der Waals surface area contributed by atoms with Crippen LogP contribution >= 0.6 is 7.82 Å². The zero-order valence-corrected chi connectivity index (χ0v) is 42.4. The number of ether oxygens (including phenoxy) is 2. The number of hydrogen-bond acceptors (Lipinski definition) is 8. The van der Waals surface area contributed by atoms with Crippen molar-refractivity contribution in [2.45, 2.75) is 258 Å². The van der Waals surface area contributed by atoms with Crippen LogP contribution in [-0.4, -0.2) is 49.3 Å². The molecule has 0 saturated carbocycles. The number of allylic oxidation sites excluding steroid dienone is 8. The summed E-state index contributed by atoms with van der Waals surface area (Å²) in [6.07, 6.45) is 60.1. The average Bonchev–Trinajstić information content (AvgIpc) is 3.28. The fourth-order valence-electron chi connectivity index (χ4n) is 7.46. The molecular weight excluding hydrogens is 822 g/mol. The third kappa shape index (κ3) is 49.4. The second-order valence-corrected chi connectivity index (χ2v) is 19.2. The van der Waals surface area contributed by atoms with Gasteiger partial charge in [0, 0.05) is 19.4 Å². The van der Waals surface area contributed by atoms with Crippen LogP contribution in [0.2, 0.25) is 0 Å². The predicted octanol–water partition coefficient (Wildman–Crippen LogP) is 16.2. The third-order valence-electron chi connectivity index (χ3n) is 11.4. The topological polar surface area (TPSA) is 134 Å². The van der Waals surface area contributed by atoms with Gasteiger partial charge in [0.25, 0.3) is 0 Å². The van der Waals surface area contributed by atoms with Crippen molar-refractivity contribution < 1.29 is 37.6 Å². The monoisotopic (exact) mass is 922 g/mol. The van der Waals surface area contributed by atoms with Crippen molar-refractivity contribution in [3.05, 3.63) is 48.6 Å². The standard InChI is InChI=1S/C54H100NO8P/c1-3-5-7-9-11-13-15-17-19-21-23-24-25-26-27-28-29-31-33-35-37-39-41-43-45-47-54(57)63-52(51-62-64(58,59)61-49-48-55)50-60-53(56)46-44-42-40-38-36-34-32-30-22-20-18-16-14-12-10-8-6-4-2/h14-17,20-23,52H,3-13,18-19,24-51,55H2,1-2H3,(H,58,59)/b16-14-,17-15-,22-20-,23-21-. The maximum Gasteiger partial charge on any atom is 0.472 e. The smallest absolute Gasteiger partial charge is 0.462 e. The third-order valence-corrected chi connectivity index (χ3v) is 12.4. The predicted molar refractivity (Wildman–Crippen MR) is 270 cm³/mol. The number of esters is 2. The Labute approximate surface area is 394 Å². The van der Waals surface area contributed by atoms with E-state index in [9.17, 15) is 19.0 Å². The first kappa shape index (κ1) is 62.0. The van der Waals surface area contributed by atoms with Crippen LogP contribution in [0, 0.1) is 0 Å². The molecule has 2 atom stereocenters. The molecule has 0 radical (unpaired) electrons. The number of carbonyl (C=O) groups is 2. The molecule has 3 N–H and O–H groups in total. The molecule has 0 fully saturated rings. The van der Waals surface area contributed by atoms with E-state index >= 15 is 0 Å². The first-order valence-electron chi connectivity index (χ1n) is 26.6. The summed E-state index contributed by atoms with van der Waals surface area (Å²) in [7, 11) is -4.39. The highest BCUT2D eigenvalue weighted by atomic mass is 31.2. The number of carbonyl (C=O) groups excluding carboxylic acids is 2. The van der Waals surface area contributed by atoms with Crippen LogP contribution in [0.15, 0.2) is 48.6 Å². The SMILES string of the molecule is CCCCCC/C=C\C/C=C\CCCCCCCCCC(=O)OCC(COP(=O)(O)OCCN)OC(=O)CCCCCCCCCCCCCCC/C=C\C/C=C\CCCCCCC. The minimum Gasteiger partial charge on any atom is -0.462 e. The molecule has 0 aromatic carbocycles. The van der Waals surface area contributed by atoms with E-state index in [4.69, 9.17) is 24.3 Å². The molecule has 0 rings (SSSR count). The second kappa shape index (κ2) is 50.4. The Hall–Kier alpha value is -2.03. The van der Waals surface area contributed by atoms with Crippen LogP contribution in [-0.2, 0) is 32.7 Å². The maximum atomic E-state index is 12.7. The van der Waals surface area contributed by atoms with Gasteiger partial charge in [-0.15, -0.1) is 0 Å². The number of phosphoric acid groups is 1. The largest absolute Gasteiger partial charge is 0.472 e. The summed E-state index contributed by atoms with van der Waals surface area (Å²) in [5.41, 5.74) is 5.37. The number of nitrogens with two attached hydrogens (primary N) is 1. The van der Waals surface area contributed by atoms with E-state index in [0.717, 1.165) is 64.2 Å². The Bertz CT molecular complexity index is 1190. The highest BCUT2D eigenvalue weighted by molar-refractivity contribution is 7.47. The maximum absolute atomic E-state index is 12.7. The molecule has 10 heteroatoms. The molecular formula is C54H100NO8P. The molecule has 0 amide bonds. The lowest BCUT2D eigenvalue weighted by Gasteiger charge is -2.19. The lowest BCUT2D eigenvalue weighted by atomic mass is 10.0. The van der Waals surface area contributed by atoms with Crippen molar-refractivity contribution in [1.82, 2.24) is 0 Å². The van der Waals surface area contributed by atoms with Crippen molar-refractivity contribution >= 4 is 19.8 Å². The molecule has 0 bridgehead atoms. The quantitative estimate of drug-likeness (QED) is 0.0265. The van der Waals surface area contributed by atoms with E-state index in [1.807, 2.05) is 0 Å². The molecule has 0 aliphatic heterocycles. The van der Waals surface area contributed by atoms with Crippen LogP contribution in [0.4, 0.5) is 0 Å². The van der Waals surface area contributed by atoms with E-state index < -0.39 is 26.5 Å². The van der Waals surface area contributed by atoms with E-state index in [1.165, 1.54) is 154 Å². The van der Waals surface area contributed by atoms with Crippen molar-refractivity contribution in [3.8, 4) is 0 Å². The van der Waals surface area contributed by atoms with Crippen LogP contribution in [0.1, 0.15) is 251 Å². The van der Waals surface area contributed by atoms with Crippen LogP contribution < -0.4 is 5.73 Å². The van der Waals surface area contributed by atoms with Gasteiger partial charge < -0.3 is 20.1 Å². The Balaban J connectivity index is 4.02. The normalized spacial score (nSPS) is 13.5. The summed E-state index contributed by atoms with van der Waals surface area (Å²) >= 11 is 0. The van der Waals surface area contributed by atoms with Gasteiger partial charge in [0.1, 0.15) is 6.61 Å². The van der Waals surface area contributed by atoms with E-state index in [2.05, 4.69) is 62.5 Å². The summed E-state index contributed by atoms with van der Waals surface area (Å²) in [5, 5.41) is 0. The number of hydrogen-bond donors (Lipinski definition) is 2. The number of unbranched alkanes of at least 4 members (excludes halogenated alkanes) is 29. The number of phosphoric ester groups is 1. The Morgan fingerprint density at radius 3 is 1.20 bits per heavy atom. The summed E-state index contributed by atoms with van der Waals surface area (Å²) in [5.74, 6) is -0.831. The highest BCUT2D eigenvalue weighted by Crippen LogP contribution is 2.43. The van der Waals surface area contributed by atoms with Crippen LogP contribution in [0.25, 0.3) is 0 Å². The van der Waals surface area contributed by atoms with Gasteiger partial charge in [-0.1, -0.05) is 210 Å². The Morgan fingerprint density at radius 2 is 0.812 bits per heavy atom. The summed E-state index contributed by atoms with van der Waals surface area (Å²) in [6.45, 7) is 3.73. The van der Waals surface area contributed by atoms with Gasteiger partial charge in [-0.05, 0) is 77.0 Å². The lowest BCUT2D eigenvalue weighted by molar-refractivity contribution is -0.161. The molecule has 0 aliphatic carbocycles. The molecule has 64 heavy (non-hydrogen) atoms. The number of rotatable bonds is 50. The minimum atomic E-state index is -4.39. The fraction of sp³-hybridized carbons (Fsp3) is 0.815. The summed E-state index contributed by atoms with van der Waals surface area (Å²) < 4.78 is 33.0. The van der Waals surface area contributed by atoms with Gasteiger partial charge >= 0.3 is 19.8 Å². The molecule has 0 aromatic heterocycles. The van der Waals surface area contributed by atoms with Crippen molar-refractivity contribution in [2.75, 3.05) is 26.4 Å². The lowest BCUT2D eigenvalue weighted by Crippen LogP contribution is -2.29. The summed E-state index contributed by atoms with van der Waals surface area (Å²) in [4.78, 5) is 35.1. The zero-order valence-electron chi connectivity index (χ0n) is 41.5. The van der Waals surface area contributed by atoms with Crippen molar-refractivity contribution in [2.24, 2.45) is 5.73 Å². The van der Waals surface area contributed by atoms with Crippen LogP contribution in [0.3, 0.4) is 0 Å². The van der Waals surface area contributed by atoms with Gasteiger partial charge in [0.15, 0.2) is 6.10 Å². The zero-order chi connectivity index (χ0) is 46.7. The van der Waals surface area contributed by atoms with Gasteiger partial charge in [-0.3, -0.25) is 18.6 Å². The van der Waals surface area contributed by atoms with Gasteiger partial charge in [0.05, 0.1) is 13.2 Å². The van der Waals surface area contributed by atoms with E-state index in [0.29, 0.717) is 6.42 Å². The molecule has 0 aliphatic rings. The van der Waals surface area contributed by atoms with Gasteiger partial charge in [-0.25, -0.2) is 4.57 Å². The molecule has 374 valence electrons. The van der Waals surface area contributed by atoms with Crippen molar-refractivity contribution in [3.63, 3.8) is 0 Å². The fourth-order valence-corrected chi connectivity index (χ4v) is 8.23. The first-order valence-corrected chi connectivity index (χ1v) is 28.1. The van der Waals surface area contributed by atoms with Crippen LogP contribution in [0.5, 0.6) is 0 Å². The highest BCUT2D eigenvalue weighted by Gasteiger charge is 2.26. The van der Waals surface area contributed by atoms with Gasteiger partial charge in [-0.2, -0.15) is 0 Å². The Morgan fingerprint density at radius 1 is 0.469 bits per heavy atom. The van der Waals surface area contributed by atoms with Crippen molar-refractivity contribution in [1.29, 1.82) is 0 Å². The molecule has 9 nitrogen and oxygen atoms in total. The first-order chi connectivity index (χ1) is 31.3. The second-order valence-electron chi connectivity index (χ2n) is 17.7. The van der Waals surface area contributed by atoms with Gasteiger partial charge in [0.2, 0.25) is 0 Å². The molecule has 0 spiro atoms.